The average Bonchev–Trinajstić information content (AvgIpc) is 2.58. The molecule has 0 amide bonds. The van der Waals surface area contributed by atoms with Crippen molar-refractivity contribution in [2.45, 2.75) is 12.8 Å². The minimum atomic E-state index is -1.27. The Labute approximate surface area is 99.8 Å². The third-order valence-corrected chi connectivity index (χ3v) is 2.73. The number of hydrogen-bond donors (Lipinski definition) is 2. The van der Waals surface area contributed by atoms with Gasteiger partial charge in [-0.2, -0.15) is 0 Å². The van der Waals surface area contributed by atoms with Gasteiger partial charge in [-0.05, 0) is 48.6 Å². The van der Waals surface area contributed by atoms with Gasteiger partial charge in [0.25, 0.3) is 0 Å². The number of rotatable bonds is 2. The first-order valence-electron chi connectivity index (χ1n) is 4.91. The van der Waals surface area contributed by atoms with Crippen molar-refractivity contribution in [2.75, 3.05) is 6.54 Å². The molecule has 3 N–H and O–H groups in total. The third kappa shape index (κ3) is 2.65. The van der Waals surface area contributed by atoms with Crippen molar-refractivity contribution in [3.8, 4) is 5.75 Å². The third-order valence-electron chi connectivity index (χ3n) is 2.73. The van der Waals surface area contributed by atoms with Gasteiger partial charge in [0.2, 0.25) is 0 Å². The molecule has 0 fully saturated rings. The second kappa shape index (κ2) is 5.18. The summed E-state index contributed by atoms with van der Waals surface area (Å²) >= 11 is 0. The Morgan fingerprint density at radius 1 is 1.44 bits per heavy atom. The number of nitrogens with two attached hydrogens (primary N) is 1. The molecule has 1 aromatic carbocycles. The molecule has 1 aromatic rings. The lowest BCUT2D eigenvalue weighted by Gasteiger charge is -2.02. The van der Waals surface area contributed by atoms with Gasteiger partial charge in [0.1, 0.15) is 5.75 Å². The van der Waals surface area contributed by atoms with E-state index >= 15 is 0 Å². The number of hydrogen-bond acceptors (Lipinski definition) is 3. The van der Waals surface area contributed by atoms with E-state index in [1.54, 1.807) is 12.1 Å². The van der Waals surface area contributed by atoms with Crippen LogP contribution in [0.15, 0.2) is 18.2 Å². The maximum atomic E-state index is 10.3. The van der Waals surface area contributed by atoms with Gasteiger partial charge < -0.3 is 15.6 Å². The first kappa shape index (κ1) is 12.8. The number of benzene rings is 1. The van der Waals surface area contributed by atoms with Crippen LogP contribution in [-0.2, 0) is 12.8 Å². The average molecular weight is 244 g/mol. The second-order valence-corrected chi connectivity index (χ2v) is 3.81. The van der Waals surface area contributed by atoms with Crippen LogP contribution in [0.4, 0.5) is 4.79 Å². The van der Waals surface area contributed by atoms with Crippen molar-refractivity contribution in [1.82, 2.24) is 0 Å². The second-order valence-electron chi connectivity index (χ2n) is 3.81. The highest BCUT2D eigenvalue weighted by Crippen LogP contribution is 2.29. The van der Waals surface area contributed by atoms with E-state index in [9.17, 15) is 4.79 Å². The van der Waals surface area contributed by atoms with Gasteiger partial charge >= 0.3 is 6.16 Å². The Morgan fingerprint density at radius 2 is 2.12 bits per heavy atom. The molecule has 1 unspecified atom stereocenters. The highest BCUT2D eigenvalue weighted by molar-refractivity contribution is 5.85. The van der Waals surface area contributed by atoms with Crippen LogP contribution < -0.4 is 10.5 Å². The Bertz CT molecular complexity index is 395. The van der Waals surface area contributed by atoms with Crippen LogP contribution in [0.2, 0.25) is 0 Å². The van der Waals surface area contributed by atoms with Crippen LogP contribution in [0.3, 0.4) is 0 Å². The minimum absolute atomic E-state index is 0. The van der Waals surface area contributed by atoms with Gasteiger partial charge in [0.15, 0.2) is 0 Å². The van der Waals surface area contributed by atoms with Gasteiger partial charge in [0, 0.05) is 0 Å². The zero-order valence-electron chi connectivity index (χ0n) is 8.68. The van der Waals surface area contributed by atoms with E-state index in [1.807, 2.05) is 6.07 Å². The normalized spacial score (nSPS) is 17.4. The van der Waals surface area contributed by atoms with Crippen LogP contribution in [0.25, 0.3) is 0 Å². The van der Waals surface area contributed by atoms with E-state index < -0.39 is 6.16 Å². The van der Waals surface area contributed by atoms with E-state index in [1.165, 1.54) is 5.56 Å². The summed E-state index contributed by atoms with van der Waals surface area (Å²) in [6.45, 7) is 0.670. The lowest BCUT2D eigenvalue weighted by Crippen LogP contribution is -2.13. The van der Waals surface area contributed by atoms with Crippen LogP contribution in [-0.4, -0.2) is 17.8 Å². The lowest BCUT2D eigenvalue weighted by molar-refractivity contribution is 0.144. The SMILES string of the molecule is Cl.NCC1Cc2ccc(OC(=O)O)cc2C1. The van der Waals surface area contributed by atoms with E-state index in [0.717, 1.165) is 18.4 Å². The Morgan fingerprint density at radius 3 is 2.75 bits per heavy atom. The molecule has 4 nitrogen and oxygen atoms in total. The molecule has 0 aliphatic heterocycles. The van der Waals surface area contributed by atoms with Gasteiger partial charge in [-0.1, -0.05) is 6.07 Å². The fourth-order valence-electron chi connectivity index (χ4n) is 2.02. The topological polar surface area (TPSA) is 72.5 Å². The summed E-state index contributed by atoms with van der Waals surface area (Å²) in [4.78, 5) is 10.3. The summed E-state index contributed by atoms with van der Waals surface area (Å²) in [5.41, 5.74) is 8.02. The van der Waals surface area contributed by atoms with E-state index in [2.05, 4.69) is 4.74 Å². The van der Waals surface area contributed by atoms with Crippen LogP contribution >= 0.6 is 12.4 Å². The summed E-state index contributed by atoms with van der Waals surface area (Å²) in [7, 11) is 0. The van der Waals surface area contributed by atoms with Crippen molar-refractivity contribution in [2.24, 2.45) is 11.7 Å². The molecule has 0 saturated heterocycles. The molecule has 1 atom stereocenters. The van der Waals surface area contributed by atoms with Crippen molar-refractivity contribution in [3.63, 3.8) is 0 Å². The molecule has 0 heterocycles. The highest BCUT2D eigenvalue weighted by atomic mass is 35.5. The molecule has 5 heteroatoms. The molecular weight excluding hydrogens is 230 g/mol. The van der Waals surface area contributed by atoms with E-state index in [4.69, 9.17) is 10.8 Å². The Hall–Kier alpha value is -1.26. The summed E-state index contributed by atoms with van der Waals surface area (Å²) in [6.07, 6.45) is 0.630. The fourth-order valence-corrected chi connectivity index (χ4v) is 2.02. The lowest BCUT2D eigenvalue weighted by atomic mass is 10.1. The van der Waals surface area contributed by atoms with Crippen LogP contribution in [0.5, 0.6) is 5.75 Å². The monoisotopic (exact) mass is 243 g/mol. The number of ether oxygens (including phenoxy) is 1. The van der Waals surface area contributed by atoms with Gasteiger partial charge in [0.05, 0.1) is 0 Å². The molecule has 0 spiro atoms. The van der Waals surface area contributed by atoms with E-state index in [-0.39, 0.29) is 12.4 Å². The number of carbonyl (C=O) groups is 1. The van der Waals surface area contributed by atoms with Crippen molar-refractivity contribution < 1.29 is 14.6 Å². The smallest absolute Gasteiger partial charge is 0.449 e. The van der Waals surface area contributed by atoms with Crippen molar-refractivity contribution >= 4 is 18.6 Å². The molecule has 1 aliphatic rings. The Balaban J connectivity index is 0.00000128. The van der Waals surface area contributed by atoms with Gasteiger partial charge in [-0.15, -0.1) is 12.4 Å². The summed E-state index contributed by atoms with van der Waals surface area (Å²) < 4.78 is 4.59. The number of carboxylic acid groups (broad SMARTS) is 1. The zero-order valence-corrected chi connectivity index (χ0v) is 9.50. The van der Waals surface area contributed by atoms with Crippen molar-refractivity contribution in [3.05, 3.63) is 29.3 Å². The van der Waals surface area contributed by atoms with Crippen LogP contribution in [0, 0.1) is 5.92 Å². The zero-order chi connectivity index (χ0) is 10.8. The number of halogens is 1. The highest BCUT2D eigenvalue weighted by Gasteiger charge is 2.20. The minimum Gasteiger partial charge on any atom is -0.449 e. The maximum Gasteiger partial charge on any atom is 0.511 e. The molecular formula is C11H14ClNO3. The van der Waals surface area contributed by atoms with Gasteiger partial charge in [-0.25, -0.2) is 4.79 Å². The molecule has 0 radical (unpaired) electrons. The standard InChI is InChI=1S/C11H13NO3.ClH/c12-6-7-3-8-1-2-10(15-11(13)14)5-9(8)4-7;/h1-2,5,7H,3-4,6,12H2,(H,13,14);1H. The van der Waals surface area contributed by atoms with Crippen molar-refractivity contribution in [1.29, 1.82) is 0 Å². The summed E-state index contributed by atoms with van der Waals surface area (Å²) in [5, 5.41) is 8.47. The largest absolute Gasteiger partial charge is 0.511 e. The molecule has 2 rings (SSSR count). The maximum absolute atomic E-state index is 10.3. The first-order valence-corrected chi connectivity index (χ1v) is 4.91. The quantitative estimate of drug-likeness (QED) is 0.614. The van der Waals surface area contributed by atoms with Gasteiger partial charge in [-0.3, -0.25) is 0 Å². The summed E-state index contributed by atoms with van der Waals surface area (Å²) in [6, 6.07) is 5.40. The summed E-state index contributed by atoms with van der Waals surface area (Å²) in [5.74, 6) is 0.874. The molecule has 0 aromatic heterocycles. The molecule has 16 heavy (non-hydrogen) atoms. The van der Waals surface area contributed by atoms with Crippen LogP contribution in [0.1, 0.15) is 11.1 Å². The van der Waals surface area contributed by atoms with E-state index in [0.29, 0.717) is 18.2 Å². The molecule has 1 aliphatic carbocycles. The Kier molecular flexibility index (Phi) is 4.15. The molecule has 0 bridgehead atoms. The number of fused-ring (bicyclic) bond motifs is 1. The molecule has 88 valence electrons. The first-order chi connectivity index (χ1) is 7.19. The fraction of sp³-hybridized carbons (Fsp3) is 0.364. The molecule has 0 saturated carbocycles. The predicted molar refractivity (Wildman–Crippen MR) is 62.3 cm³/mol. The predicted octanol–water partition coefficient (Wildman–Crippen LogP) is 1.84.